The van der Waals surface area contributed by atoms with Crippen molar-refractivity contribution in [1.29, 1.82) is 0 Å². The molecule has 1 amide bonds. The third kappa shape index (κ3) is 3.40. The summed E-state index contributed by atoms with van der Waals surface area (Å²) in [6, 6.07) is 2.34. The van der Waals surface area contributed by atoms with Gasteiger partial charge < -0.3 is 14.4 Å². The Hall–Kier alpha value is -2.37. The quantitative estimate of drug-likeness (QED) is 0.690. The molecular weight excluding hydrogens is 350 g/mol. The number of anilines is 2. The second-order valence-electron chi connectivity index (χ2n) is 7.79. The van der Waals surface area contributed by atoms with Crippen LogP contribution in [0.2, 0.25) is 0 Å². The average Bonchev–Trinajstić information content (AvgIpc) is 3.05. The van der Waals surface area contributed by atoms with Gasteiger partial charge in [-0.25, -0.2) is 4.98 Å². The Bertz CT molecular complexity index is 831. The maximum absolute atomic E-state index is 13.2. The van der Waals surface area contributed by atoms with E-state index in [0.29, 0.717) is 12.7 Å². The van der Waals surface area contributed by atoms with Crippen LogP contribution in [-0.4, -0.2) is 39.1 Å². The van der Waals surface area contributed by atoms with Crippen LogP contribution in [0.15, 0.2) is 12.3 Å². The first-order valence-electron chi connectivity index (χ1n) is 10.5. The maximum atomic E-state index is 13.2. The highest BCUT2D eigenvalue weighted by Crippen LogP contribution is 2.38. The summed E-state index contributed by atoms with van der Waals surface area (Å²) in [5, 5.41) is 0. The van der Waals surface area contributed by atoms with Crippen molar-refractivity contribution in [2.45, 2.75) is 72.8 Å². The molecule has 0 radical (unpaired) electrons. The first-order valence-corrected chi connectivity index (χ1v) is 10.5. The summed E-state index contributed by atoms with van der Waals surface area (Å²) in [5.41, 5.74) is 3.89. The zero-order valence-corrected chi connectivity index (χ0v) is 18.1. The molecule has 0 N–H and O–H groups in total. The zero-order chi connectivity index (χ0) is 20.4. The third-order valence-electron chi connectivity index (χ3n) is 5.63. The largest absolute Gasteiger partial charge is 0.322 e. The predicted molar refractivity (Wildman–Crippen MR) is 113 cm³/mol. The minimum Gasteiger partial charge on any atom is -0.322 e. The molecule has 0 spiro atoms. The van der Waals surface area contributed by atoms with Crippen LogP contribution in [0.25, 0.3) is 0 Å². The van der Waals surface area contributed by atoms with Gasteiger partial charge in [-0.3, -0.25) is 9.78 Å². The topological polar surface area (TPSA) is 54.3 Å². The van der Waals surface area contributed by atoms with Crippen molar-refractivity contribution in [3.05, 3.63) is 35.0 Å². The van der Waals surface area contributed by atoms with Crippen molar-refractivity contribution in [1.82, 2.24) is 19.4 Å². The van der Waals surface area contributed by atoms with E-state index in [2.05, 4.69) is 42.1 Å². The van der Waals surface area contributed by atoms with Crippen LogP contribution < -0.4 is 4.90 Å². The second kappa shape index (κ2) is 8.33. The van der Waals surface area contributed by atoms with Crippen molar-refractivity contribution in [2.24, 2.45) is 0 Å². The Kier molecular flexibility index (Phi) is 6.06. The molecule has 28 heavy (non-hydrogen) atoms. The molecule has 152 valence electrons. The number of carbonyl (C=O) groups is 1. The van der Waals surface area contributed by atoms with E-state index in [1.165, 1.54) is 0 Å². The Morgan fingerprint density at radius 2 is 1.82 bits per heavy atom. The molecule has 0 fully saturated rings. The number of aryl methyl sites for hydroxylation is 3. The Labute approximate surface area is 168 Å². The van der Waals surface area contributed by atoms with Crippen LogP contribution in [-0.2, 0) is 6.42 Å². The fourth-order valence-corrected chi connectivity index (χ4v) is 4.36. The lowest BCUT2D eigenvalue weighted by molar-refractivity contribution is 0.0772. The Balaban J connectivity index is 2.23. The van der Waals surface area contributed by atoms with E-state index >= 15 is 0 Å². The van der Waals surface area contributed by atoms with Gasteiger partial charge in [0.1, 0.15) is 5.82 Å². The molecule has 1 aliphatic heterocycles. The van der Waals surface area contributed by atoms with Crippen LogP contribution in [0.5, 0.6) is 0 Å². The van der Waals surface area contributed by atoms with Crippen molar-refractivity contribution in [3.63, 3.8) is 0 Å². The molecule has 3 heterocycles. The predicted octanol–water partition coefficient (Wildman–Crippen LogP) is 4.78. The van der Waals surface area contributed by atoms with Gasteiger partial charge in [-0.15, -0.1) is 0 Å². The number of fused-ring (bicyclic) bond motifs is 1. The summed E-state index contributed by atoms with van der Waals surface area (Å²) < 4.78 is 2.24. The number of pyridine rings is 1. The average molecular weight is 384 g/mol. The number of carbonyl (C=O) groups excluding carboxylic acids is 1. The van der Waals surface area contributed by atoms with Crippen LogP contribution >= 0.6 is 0 Å². The van der Waals surface area contributed by atoms with Crippen LogP contribution in [0.4, 0.5) is 11.5 Å². The molecule has 1 aliphatic rings. The smallest absolute Gasteiger partial charge is 0.275 e. The standard InChI is InChI=1S/C22H33N5O/c1-7-10-17(11-8-2)27-18(9-3)24-21-20(27)22(28)25(6)14-26(21)19-15(4)12-13-23-16(19)5/h12-13,17H,7-11,14H2,1-6H3. The van der Waals surface area contributed by atoms with E-state index < -0.39 is 0 Å². The van der Waals surface area contributed by atoms with Crippen LogP contribution in [0.1, 0.15) is 80.1 Å². The van der Waals surface area contributed by atoms with Gasteiger partial charge in [0.25, 0.3) is 5.91 Å². The van der Waals surface area contributed by atoms with Gasteiger partial charge in [0.2, 0.25) is 0 Å². The highest BCUT2D eigenvalue weighted by Gasteiger charge is 2.37. The van der Waals surface area contributed by atoms with E-state index in [4.69, 9.17) is 4.98 Å². The summed E-state index contributed by atoms with van der Waals surface area (Å²) in [5.74, 6) is 1.86. The summed E-state index contributed by atoms with van der Waals surface area (Å²) in [7, 11) is 1.87. The van der Waals surface area contributed by atoms with E-state index in [1.807, 2.05) is 26.2 Å². The van der Waals surface area contributed by atoms with Gasteiger partial charge >= 0.3 is 0 Å². The van der Waals surface area contributed by atoms with Gasteiger partial charge in [-0.1, -0.05) is 33.6 Å². The van der Waals surface area contributed by atoms with Gasteiger partial charge in [0.15, 0.2) is 11.5 Å². The molecule has 6 heteroatoms. The van der Waals surface area contributed by atoms with Crippen LogP contribution in [0, 0.1) is 13.8 Å². The Morgan fingerprint density at radius 3 is 2.39 bits per heavy atom. The van der Waals surface area contributed by atoms with E-state index in [9.17, 15) is 4.79 Å². The number of aromatic nitrogens is 3. The molecular formula is C22H33N5O. The summed E-state index contributed by atoms with van der Waals surface area (Å²) in [4.78, 5) is 26.7. The fraction of sp³-hybridized carbons (Fsp3) is 0.591. The van der Waals surface area contributed by atoms with Gasteiger partial charge in [0, 0.05) is 25.7 Å². The first-order chi connectivity index (χ1) is 13.4. The summed E-state index contributed by atoms with van der Waals surface area (Å²) in [6.45, 7) is 11.1. The van der Waals surface area contributed by atoms with Gasteiger partial charge in [-0.2, -0.15) is 0 Å². The zero-order valence-electron chi connectivity index (χ0n) is 18.1. The lowest BCUT2D eigenvalue weighted by atomic mass is 10.1. The Morgan fingerprint density at radius 1 is 1.14 bits per heavy atom. The number of amides is 1. The third-order valence-corrected chi connectivity index (χ3v) is 5.63. The lowest BCUT2D eigenvalue weighted by Crippen LogP contribution is -2.44. The van der Waals surface area contributed by atoms with Crippen molar-refractivity contribution in [3.8, 4) is 0 Å². The number of rotatable bonds is 7. The minimum absolute atomic E-state index is 0.0647. The van der Waals surface area contributed by atoms with Gasteiger partial charge in [-0.05, 0) is 38.3 Å². The monoisotopic (exact) mass is 383 g/mol. The molecule has 0 atom stereocenters. The number of hydrogen-bond acceptors (Lipinski definition) is 4. The highest BCUT2D eigenvalue weighted by molar-refractivity contribution is 6.00. The molecule has 3 rings (SSSR count). The maximum Gasteiger partial charge on any atom is 0.275 e. The minimum atomic E-state index is 0.0647. The molecule has 6 nitrogen and oxygen atoms in total. The molecule has 2 aromatic heterocycles. The molecule has 0 aromatic carbocycles. The second-order valence-corrected chi connectivity index (χ2v) is 7.79. The van der Waals surface area contributed by atoms with Crippen molar-refractivity contribution >= 4 is 17.4 Å². The normalized spacial score (nSPS) is 14.2. The van der Waals surface area contributed by atoms with Crippen molar-refractivity contribution in [2.75, 3.05) is 18.6 Å². The molecule has 0 aliphatic carbocycles. The van der Waals surface area contributed by atoms with E-state index in [-0.39, 0.29) is 5.91 Å². The number of hydrogen-bond donors (Lipinski definition) is 0. The molecule has 0 saturated heterocycles. The fourth-order valence-electron chi connectivity index (χ4n) is 4.36. The number of imidazole rings is 1. The SMILES string of the molecule is CCCC(CCC)n1c(CC)nc2c1C(=O)N(C)CN2c1c(C)ccnc1C. The summed E-state index contributed by atoms with van der Waals surface area (Å²) in [6.07, 6.45) is 6.96. The van der Waals surface area contributed by atoms with E-state index in [0.717, 1.165) is 66.4 Å². The van der Waals surface area contributed by atoms with Gasteiger partial charge in [0.05, 0.1) is 18.1 Å². The lowest BCUT2D eigenvalue weighted by Gasteiger charge is -2.36. The molecule has 0 saturated carbocycles. The molecule has 0 unspecified atom stereocenters. The number of nitrogens with zero attached hydrogens (tertiary/aromatic N) is 5. The van der Waals surface area contributed by atoms with Crippen LogP contribution in [0.3, 0.4) is 0 Å². The highest BCUT2D eigenvalue weighted by atomic mass is 16.2. The van der Waals surface area contributed by atoms with Crippen molar-refractivity contribution < 1.29 is 4.79 Å². The molecule has 0 bridgehead atoms. The molecule has 2 aromatic rings. The first kappa shape index (κ1) is 20.4. The van der Waals surface area contributed by atoms with E-state index in [1.54, 1.807) is 4.90 Å². The summed E-state index contributed by atoms with van der Waals surface area (Å²) >= 11 is 0.